The van der Waals surface area contributed by atoms with Gasteiger partial charge in [0.2, 0.25) is 0 Å². The molecule has 0 atom stereocenters. The van der Waals surface area contributed by atoms with Crippen LogP contribution in [0.4, 0.5) is 17.6 Å². The summed E-state index contributed by atoms with van der Waals surface area (Å²) >= 11 is 0.821. The van der Waals surface area contributed by atoms with Crippen molar-refractivity contribution in [2.75, 3.05) is 19.7 Å². The van der Waals surface area contributed by atoms with E-state index in [1.54, 1.807) is 6.08 Å². The fourth-order valence-corrected chi connectivity index (χ4v) is 2.79. The van der Waals surface area contributed by atoms with E-state index in [2.05, 4.69) is 8.75 Å². The van der Waals surface area contributed by atoms with Gasteiger partial charge in [-0.15, -0.1) is 4.37 Å². The van der Waals surface area contributed by atoms with Crippen LogP contribution < -0.4 is 4.74 Å². The lowest BCUT2D eigenvalue weighted by Crippen LogP contribution is -2.34. The summed E-state index contributed by atoms with van der Waals surface area (Å²) in [5.74, 6) is -2.94. The van der Waals surface area contributed by atoms with Crippen LogP contribution in [0, 0.1) is 0 Å². The van der Waals surface area contributed by atoms with Crippen LogP contribution in [0.1, 0.15) is 38.3 Å². The summed E-state index contributed by atoms with van der Waals surface area (Å²) in [7, 11) is 0. The van der Waals surface area contributed by atoms with Crippen molar-refractivity contribution in [1.29, 1.82) is 0 Å². The van der Waals surface area contributed by atoms with Gasteiger partial charge in [-0.2, -0.15) is 13.2 Å². The largest absolute Gasteiger partial charge is 0.469 e. The molecule has 0 saturated carbocycles. The fraction of sp³-hybridized carbons (Fsp3) is 0.714. The highest BCUT2D eigenvalue weighted by atomic mass is 32.1. The third-order valence-corrected chi connectivity index (χ3v) is 4.05. The molecule has 1 aromatic rings. The topological polar surface area (TPSA) is 38.3 Å². The standard InChI is InChI=1S/C14H19F4N3OS/c1-2-3-6-14(17,18)9-22-12-11(19-23-20-12)10-5-4-7-21(8-10)13(15)16/h5,13H,2-4,6-9H2,1H3. The van der Waals surface area contributed by atoms with Crippen LogP contribution >= 0.6 is 11.7 Å². The van der Waals surface area contributed by atoms with E-state index < -0.39 is 19.1 Å². The van der Waals surface area contributed by atoms with Crippen molar-refractivity contribution in [1.82, 2.24) is 13.6 Å². The van der Waals surface area contributed by atoms with E-state index in [0.717, 1.165) is 16.6 Å². The molecule has 0 amide bonds. The first kappa shape index (κ1) is 18.1. The van der Waals surface area contributed by atoms with Crippen molar-refractivity contribution in [2.45, 2.75) is 45.1 Å². The molecule has 0 aromatic carbocycles. The van der Waals surface area contributed by atoms with Gasteiger partial charge >= 0.3 is 0 Å². The molecule has 23 heavy (non-hydrogen) atoms. The van der Waals surface area contributed by atoms with E-state index in [-0.39, 0.29) is 31.1 Å². The second-order valence-corrected chi connectivity index (χ2v) is 5.96. The zero-order valence-electron chi connectivity index (χ0n) is 12.8. The van der Waals surface area contributed by atoms with Gasteiger partial charge in [-0.25, -0.2) is 13.7 Å². The summed E-state index contributed by atoms with van der Waals surface area (Å²) in [6.07, 6.45) is 3.06. The highest BCUT2D eigenvalue weighted by Crippen LogP contribution is 2.30. The molecule has 0 bridgehead atoms. The number of nitrogens with zero attached hydrogens (tertiary/aromatic N) is 3. The second-order valence-electron chi connectivity index (χ2n) is 5.43. The van der Waals surface area contributed by atoms with E-state index in [4.69, 9.17) is 4.74 Å². The highest BCUT2D eigenvalue weighted by Gasteiger charge is 2.31. The maximum absolute atomic E-state index is 13.7. The van der Waals surface area contributed by atoms with E-state index in [9.17, 15) is 17.6 Å². The summed E-state index contributed by atoms with van der Waals surface area (Å²) < 4.78 is 65.9. The van der Waals surface area contributed by atoms with E-state index in [1.165, 1.54) is 0 Å². The third kappa shape index (κ3) is 5.13. The Morgan fingerprint density at radius 2 is 2.17 bits per heavy atom. The Bertz CT molecular complexity index is 536. The Morgan fingerprint density at radius 1 is 1.39 bits per heavy atom. The van der Waals surface area contributed by atoms with Crippen LogP contribution in [0.2, 0.25) is 0 Å². The van der Waals surface area contributed by atoms with Gasteiger partial charge in [-0.05, 0) is 18.4 Å². The van der Waals surface area contributed by atoms with E-state index in [0.29, 0.717) is 24.8 Å². The number of halogens is 4. The van der Waals surface area contributed by atoms with Crippen LogP contribution in [0.3, 0.4) is 0 Å². The summed E-state index contributed by atoms with van der Waals surface area (Å²) in [5, 5.41) is 0. The molecule has 0 unspecified atom stereocenters. The molecule has 1 aromatic heterocycles. The van der Waals surface area contributed by atoms with Gasteiger partial charge in [0.15, 0.2) is 6.61 Å². The van der Waals surface area contributed by atoms with E-state index >= 15 is 0 Å². The molecule has 130 valence electrons. The Kier molecular flexibility index (Phi) is 6.34. The zero-order chi connectivity index (χ0) is 16.9. The van der Waals surface area contributed by atoms with Crippen LogP contribution in [-0.4, -0.2) is 45.8 Å². The molecule has 0 spiro atoms. The Labute approximate surface area is 136 Å². The van der Waals surface area contributed by atoms with Crippen molar-refractivity contribution < 1.29 is 22.3 Å². The summed E-state index contributed by atoms with van der Waals surface area (Å²) in [6, 6.07) is 0. The van der Waals surface area contributed by atoms with Gasteiger partial charge < -0.3 is 4.74 Å². The Morgan fingerprint density at radius 3 is 2.87 bits per heavy atom. The summed E-state index contributed by atoms with van der Waals surface area (Å²) in [5.41, 5.74) is 0.823. The predicted octanol–water partition coefficient (Wildman–Crippen LogP) is 4.05. The average Bonchev–Trinajstić information content (AvgIpc) is 3.00. The quantitative estimate of drug-likeness (QED) is 0.522. The smallest absolute Gasteiger partial charge is 0.295 e. The molecule has 4 nitrogen and oxygen atoms in total. The minimum absolute atomic E-state index is 0.00562. The fourth-order valence-electron chi connectivity index (χ4n) is 2.26. The third-order valence-electron chi connectivity index (χ3n) is 3.54. The number of alkyl halides is 4. The number of hydrogen-bond donors (Lipinski definition) is 0. The molecule has 0 N–H and O–H groups in total. The van der Waals surface area contributed by atoms with Crippen molar-refractivity contribution in [3.05, 3.63) is 11.8 Å². The molecule has 0 aliphatic carbocycles. The normalized spacial score (nSPS) is 16.7. The van der Waals surface area contributed by atoms with Crippen LogP contribution in [0.5, 0.6) is 5.88 Å². The van der Waals surface area contributed by atoms with Gasteiger partial charge in [0.05, 0.1) is 11.7 Å². The van der Waals surface area contributed by atoms with Gasteiger partial charge in [-0.1, -0.05) is 19.4 Å². The van der Waals surface area contributed by atoms with Gasteiger partial charge in [-0.3, -0.25) is 0 Å². The molecule has 2 rings (SSSR count). The Balaban J connectivity index is 2.01. The maximum atomic E-state index is 13.7. The van der Waals surface area contributed by atoms with Crippen molar-refractivity contribution >= 4 is 17.3 Å². The highest BCUT2D eigenvalue weighted by molar-refractivity contribution is 6.99. The lowest BCUT2D eigenvalue weighted by atomic mass is 10.1. The second kappa shape index (κ2) is 8.05. The van der Waals surface area contributed by atoms with Crippen molar-refractivity contribution in [3.63, 3.8) is 0 Å². The number of aromatic nitrogens is 2. The number of hydrogen-bond acceptors (Lipinski definition) is 5. The minimum Gasteiger partial charge on any atom is -0.469 e. The zero-order valence-corrected chi connectivity index (χ0v) is 13.6. The molecule has 1 aliphatic rings. The van der Waals surface area contributed by atoms with Gasteiger partial charge in [0.1, 0.15) is 5.69 Å². The maximum Gasteiger partial charge on any atom is 0.295 e. The summed E-state index contributed by atoms with van der Waals surface area (Å²) in [4.78, 5) is 0.994. The first-order valence-electron chi connectivity index (χ1n) is 7.47. The van der Waals surface area contributed by atoms with E-state index in [1.807, 2.05) is 6.92 Å². The lowest BCUT2D eigenvalue weighted by Gasteiger charge is -2.25. The first-order chi connectivity index (χ1) is 10.9. The number of ether oxygens (including phenoxy) is 1. The number of rotatable bonds is 8. The average molecular weight is 353 g/mol. The van der Waals surface area contributed by atoms with Crippen molar-refractivity contribution in [3.8, 4) is 5.88 Å². The van der Waals surface area contributed by atoms with Crippen LogP contribution in [-0.2, 0) is 0 Å². The van der Waals surface area contributed by atoms with Crippen molar-refractivity contribution in [2.24, 2.45) is 0 Å². The van der Waals surface area contributed by atoms with Crippen LogP contribution in [0.25, 0.3) is 5.57 Å². The number of unbranched alkanes of at least 4 members (excludes halogenated alkanes) is 1. The van der Waals surface area contributed by atoms with Gasteiger partial charge in [0.25, 0.3) is 18.4 Å². The molecule has 0 saturated heterocycles. The molecule has 0 fully saturated rings. The first-order valence-corrected chi connectivity index (χ1v) is 8.21. The monoisotopic (exact) mass is 353 g/mol. The molecular formula is C14H19F4N3OS. The lowest BCUT2D eigenvalue weighted by molar-refractivity contribution is -0.0501. The summed E-state index contributed by atoms with van der Waals surface area (Å²) in [6.45, 7) is -1.25. The van der Waals surface area contributed by atoms with Gasteiger partial charge in [0, 0.05) is 19.5 Å². The molecule has 2 heterocycles. The molecular weight excluding hydrogens is 334 g/mol. The Hall–Kier alpha value is -1.22. The molecule has 1 aliphatic heterocycles. The molecule has 9 heteroatoms. The SMILES string of the molecule is CCCCC(F)(F)COc1nsnc1C1=CCCN(C(F)F)C1. The predicted molar refractivity (Wildman–Crippen MR) is 80.0 cm³/mol. The minimum atomic E-state index is -2.94. The van der Waals surface area contributed by atoms with Crippen LogP contribution in [0.15, 0.2) is 6.08 Å². The molecule has 0 radical (unpaired) electrons.